The number of hydrogen-bond donors (Lipinski definition) is 2. The van der Waals surface area contributed by atoms with Gasteiger partial charge in [-0.15, -0.1) is 11.3 Å². The molecular weight excluding hydrogens is 288 g/mol. The molecule has 0 unspecified atom stereocenters. The summed E-state index contributed by atoms with van der Waals surface area (Å²) in [5, 5.41) is 4.05. The highest BCUT2D eigenvalue weighted by Gasteiger charge is 2.15. The predicted molar refractivity (Wildman–Crippen MR) is 69.0 cm³/mol. The number of nitrogens with zero attached hydrogens (tertiary/aromatic N) is 2. The van der Waals surface area contributed by atoms with Gasteiger partial charge in [0.1, 0.15) is 9.90 Å². The second-order valence-corrected chi connectivity index (χ2v) is 6.29. The van der Waals surface area contributed by atoms with Crippen molar-refractivity contribution in [3.8, 4) is 0 Å². The van der Waals surface area contributed by atoms with Crippen molar-refractivity contribution in [1.82, 2.24) is 20.0 Å². The van der Waals surface area contributed by atoms with Gasteiger partial charge in [-0.2, -0.15) is 4.72 Å². The first-order valence-corrected chi connectivity index (χ1v) is 7.53. The van der Waals surface area contributed by atoms with Gasteiger partial charge in [-0.3, -0.25) is 9.78 Å². The second kappa shape index (κ2) is 5.87. The third-order valence-electron chi connectivity index (χ3n) is 2.07. The summed E-state index contributed by atoms with van der Waals surface area (Å²) < 4.78 is 25.9. The predicted octanol–water partition coefficient (Wildman–Crippen LogP) is 0.204. The summed E-state index contributed by atoms with van der Waals surface area (Å²) in [6.45, 7) is -0.213. The molecule has 0 saturated carbocycles. The van der Waals surface area contributed by atoms with E-state index >= 15 is 0 Å². The van der Waals surface area contributed by atoms with Crippen molar-refractivity contribution >= 4 is 27.3 Å². The zero-order valence-electron chi connectivity index (χ0n) is 9.61. The zero-order valence-corrected chi connectivity index (χ0v) is 11.2. The number of thiophene rings is 1. The Balaban J connectivity index is 1.89. The average molecular weight is 298 g/mol. The Morgan fingerprint density at radius 1 is 1.37 bits per heavy atom. The van der Waals surface area contributed by atoms with Crippen LogP contribution in [0.2, 0.25) is 0 Å². The van der Waals surface area contributed by atoms with E-state index in [1.54, 1.807) is 11.4 Å². The summed E-state index contributed by atoms with van der Waals surface area (Å²) in [5.41, 5.74) is 0.123. The highest BCUT2D eigenvalue weighted by molar-refractivity contribution is 7.91. The SMILES string of the molecule is O=C(NCNS(=O)(=O)c1cccs1)c1cnccn1. The number of carbonyl (C=O) groups is 1. The van der Waals surface area contributed by atoms with Crippen LogP contribution in [0.1, 0.15) is 10.5 Å². The number of amides is 1. The number of rotatable bonds is 5. The third-order valence-corrected chi connectivity index (χ3v) is 4.87. The van der Waals surface area contributed by atoms with E-state index in [0.29, 0.717) is 0 Å². The molecule has 0 radical (unpaired) electrons. The molecule has 2 aromatic rings. The second-order valence-electron chi connectivity index (χ2n) is 3.35. The van der Waals surface area contributed by atoms with Gasteiger partial charge in [-0.05, 0) is 11.4 Å². The van der Waals surface area contributed by atoms with E-state index < -0.39 is 15.9 Å². The summed E-state index contributed by atoms with van der Waals surface area (Å²) in [6, 6.07) is 3.12. The van der Waals surface area contributed by atoms with Crippen LogP contribution >= 0.6 is 11.3 Å². The van der Waals surface area contributed by atoms with Gasteiger partial charge in [-0.25, -0.2) is 13.4 Å². The Kier molecular flexibility index (Phi) is 4.20. The molecule has 0 fully saturated rings. The van der Waals surface area contributed by atoms with Crippen molar-refractivity contribution in [2.24, 2.45) is 0 Å². The molecular formula is C10H10N4O3S2. The minimum absolute atomic E-state index is 0.123. The number of sulfonamides is 1. The zero-order chi connectivity index (χ0) is 13.7. The molecule has 0 spiro atoms. The van der Waals surface area contributed by atoms with Crippen molar-refractivity contribution in [1.29, 1.82) is 0 Å². The highest BCUT2D eigenvalue weighted by atomic mass is 32.2. The van der Waals surface area contributed by atoms with E-state index in [1.165, 1.54) is 24.7 Å². The molecule has 0 aliphatic rings. The summed E-state index contributed by atoms with van der Waals surface area (Å²) in [5.74, 6) is -0.498. The number of hydrogen-bond acceptors (Lipinski definition) is 6. The summed E-state index contributed by atoms with van der Waals surface area (Å²) in [7, 11) is -3.58. The maximum absolute atomic E-state index is 11.7. The highest BCUT2D eigenvalue weighted by Crippen LogP contribution is 2.14. The molecule has 0 aromatic carbocycles. The van der Waals surface area contributed by atoms with E-state index in [1.807, 2.05) is 0 Å². The van der Waals surface area contributed by atoms with Crippen LogP contribution in [0.25, 0.3) is 0 Å². The van der Waals surface area contributed by atoms with Crippen molar-refractivity contribution in [2.75, 3.05) is 6.67 Å². The topological polar surface area (TPSA) is 101 Å². The lowest BCUT2D eigenvalue weighted by atomic mass is 10.4. The van der Waals surface area contributed by atoms with Gasteiger partial charge in [0.25, 0.3) is 15.9 Å². The third kappa shape index (κ3) is 3.56. The van der Waals surface area contributed by atoms with Crippen LogP contribution in [0, 0.1) is 0 Å². The van der Waals surface area contributed by atoms with E-state index in [0.717, 1.165) is 11.3 Å². The van der Waals surface area contributed by atoms with Gasteiger partial charge < -0.3 is 5.32 Å². The monoisotopic (exact) mass is 298 g/mol. The van der Waals surface area contributed by atoms with Crippen LogP contribution in [0.3, 0.4) is 0 Å². The molecule has 0 atom stereocenters. The Morgan fingerprint density at radius 2 is 2.21 bits per heavy atom. The quantitative estimate of drug-likeness (QED) is 0.768. The van der Waals surface area contributed by atoms with Crippen LogP contribution in [0.5, 0.6) is 0 Å². The fraction of sp³-hybridized carbons (Fsp3) is 0.100. The Morgan fingerprint density at radius 3 is 2.84 bits per heavy atom. The molecule has 0 aliphatic carbocycles. The summed E-state index contributed by atoms with van der Waals surface area (Å²) >= 11 is 1.10. The molecule has 1 amide bonds. The fourth-order valence-electron chi connectivity index (χ4n) is 1.21. The van der Waals surface area contributed by atoms with Crippen molar-refractivity contribution in [3.05, 3.63) is 41.8 Å². The Labute approximate surface area is 113 Å². The molecule has 0 bridgehead atoms. The molecule has 9 heteroatoms. The number of carbonyl (C=O) groups excluding carboxylic acids is 1. The van der Waals surface area contributed by atoms with E-state index in [9.17, 15) is 13.2 Å². The molecule has 19 heavy (non-hydrogen) atoms. The number of nitrogens with one attached hydrogen (secondary N) is 2. The first-order valence-electron chi connectivity index (χ1n) is 5.17. The smallest absolute Gasteiger partial charge is 0.272 e. The standard InChI is InChI=1S/C10H10N4O3S2/c15-10(8-6-11-3-4-12-8)13-7-14-19(16,17)9-2-1-5-18-9/h1-6,14H,7H2,(H,13,15). The van der Waals surface area contributed by atoms with Gasteiger partial charge >= 0.3 is 0 Å². The van der Waals surface area contributed by atoms with Crippen molar-refractivity contribution < 1.29 is 13.2 Å². The number of aromatic nitrogens is 2. The molecule has 7 nitrogen and oxygen atoms in total. The molecule has 100 valence electrons. The van der Waals surface area contributed by atoms with Crippen molar-refractivity contribution in [3.63, 3.8) is 0 Å². The van der Waals surface area contributed by atoms with Crippen LogP contribution in [0.15, 0.2) is 40.3 Å². The van der Waals surface area contributed by atoms with Crippen LogP contribution < -0.4 is 10.0 Å². The minimum atomic E-state index is -3.58. The van der Waals surface area contributed by atoms with E-state index in [2.05, 4.69) is 20.0 Å². The lowest BCUT2D eigenvalue weighted by Crippen LogP contribution is -2.37. The molecule has 0 saturated heterocycles. The maximum Gasteiger partial charge on any atom is 0.272 e. The normalized spacial score (nSPS) is 11.2. The van der Waals surface area contributed by atoms with Crippen molar-refractivity contribution in [2.45, 2.75) is 4.21 Å². The molecule has 0 aliphatic heterocycles. The van der Waals surface area contributed by atoms with Crippen LogP contribution in [0.4, 0.5) is 0 Å². The van der Waals surface area contributed by atoms with Gasteiger partial charge in [0.2, 0.25) is 0 Å². The fourth-order valence-corrected chi connectivity index (χ4v) is 3.17. The minimum Gasteiger partial charge on any atom is -0.337 e. The first-order chi connectivity index (χ1) is 9.09. The molecule has 2 aromatic heterocycles. The van der Waals surface area contributed by atoms with Crippen LogP contribution in [-0.2, 0) is 10.0 Å². The van der Waals surface area contributed by atoms with Gasteiger partial charge in [0, 0.05) is 12.4 Å². The molecule has 2 N–H and O–H groups in total. The summed E-state index contributed by atoms with van der Waals surface area (Å²) in [6.07, 6.45) is 4.12. The Hall–Kier alpha value is -1.84. The van der Waals surface area contributed by atoms with Gasteiger partial charge in [0.15, 0.2) is 0 Å². The van der Waals surface area contributed by atoms with E-state index in [4.69, 9.17) is 0 Å². The van der Waals surface area contributed by atoms with E-state index in [-0.39, 0.29) is 16.6 Å². The molecule has 2 rings (SSSR count). The Bertz CT molecular complexity index is 641. The van der Waals surface area contributed by atoms with Gasteiger partial charge in [0.05, 0.1) is 12.9 Å². The van der Waals surface area contributed by atoms with Crippen LogP contribution in [-0.4, -0.2) is 31.0 Å². The first kappa shape index (κ1) is 13.6. The average Bonchev–Trinajstić information content (AvgIpc) is 2.94. The van der Waals surface area contributed by atoms with Gasteiger partial charge in [-0.1, -0.05) is 6.07 Å². The maximum atomic E-state index is 11.7. The molecule has 2 heterocycles. The summed E-state index contributed by atoms with van der Waals surface area (Å²) in [4.78, 5) is 19.1. The lowest BCUT2D eigenvalue weighted by Gasteiger charge is -2.06. The lowest BCUT2D eigenvalue weighted by molar-refractivity contribution is 0.0948. The largest absolute Gasteiger partial charge is 0.337 e.